The molecule has 4 aromatic rings. The number of nitrogens with one attached hydrogen (secondary N) is 4. The molecule has 0 unspecified atom stereocenters. The molecule has 0 aliphatic carbocycles. The number of fused-ring (bicyclic) bond motifs is 2. The number of aromatic amines is 2. The number of morpholine rings is 2. The number of amides is 2. The molecular formula is C63H88F2N10O8. The van der Waals surface area contributed by atoms with E-state index in [1.807, 2.05) is 21.9 Å². The summed E-state index contributed by atoms with van der Waals surface area (Å²) in [5, 5.41) is 7.29. The van der Waals surface area contributed by atoms with E-state index in [2.05, 4.69) is 81.7 Å². The van der Waals surface area contributed by atoms with Crippen LogP contribution in [0.15, 0.2) is 70.3 Å². The first-order valence-electron chi connectivity index (χ1n) is 30.3. The van der Waals surface area contributed by atoms with Crippen LogP contribution in [0.5, 0.6) is 0 Å². The lowest BCUT2D eigenvalue weighted by Gasteiger charge is -2.43. The molecule has 18 nitrogen and oxygen atoms in total. The minimum absolute atomic E-state index is 0.00830. The topological polar surface area (TPSA) is 180 Å². The van der Waals surface area contributed by atoms with Gasteiger partial charge in [-0.05, 0) is 80.6 Å². The molecule has 4 saturated heterocycles. The number of hydrogen-bond acceptors (Lipinski definition) is 14. The highest BCUT2D eigenvalue weighted by Gasteiger charge is 2.43. The molecule has 0 spiro atoms. The number of carbonyl (C=O) groups is 2. The zero-order valence-corrected chi connectivity index (χ0v) is 49.6. The number of nitrogens with zero attached hydrogens (tertiary/aromatic N) is 6. The third-order valence-electron chi connectivity index (χ3n) is 17.7. The largest absolute Gasteiger partial charge is 0.379 e. The molecule has 6 aliphatic heterocycles. The van der Waals surface area contributed by atoms with E-state index < -0.39 is 10.8 Å². The summed E-state index contributed by atoms with van der Waals surface area (Å²) in [6, 6.07) is 16.8. The maximum Gasteiger partial charge on any atom is 0.251 e. The molecule has 0 bridgehead atoms. The van der Waals surface area contributed by atoms with Crippen molar-refractivity contribution in [1.82, 2.24) is 40.2 Å². The highest BCUT2D eigenvalue weighted by atomic mass is 19.1. The number of ether oxygens (including phenoxy) is 4. The van der Waals surface area contributed by atoms with Crippen molar-refractivity contribution in [3.63, 3.8) is 0 Å². The van der Waals surface area contributed by atoms with Gasteiger partial charge in [0, 0.05) is 162 Å². The van der Waals surface area contributed by atoms with E-state index in [4.69, 9.17) is 18.9 Å². The average Bonchev–Trinajstić information content (AvgIpc) is 2.63. The first kappa shape index (κ1) is 60.8. The number of benzene rings is 2. The van der Waals surface area contributed by atoms with Crippen molar-refractivity contribution in [1.29, 1.82) is 0 Å². The Bertz CT molecular complexity index is 2780. The SMILES string of the molecule is C[C@@H]1CN(CC(=O)N2CC(C)(C)c3[nH]c(=O)c(Cc4ccc(F)cc4)cc32)[C@@H](CN2CCO[C@H](COCCCCCOC[C@@H]3CN(C[C@H]4CN[C@H](C)CN4CC(=O)N4CC(C)(C)c5[nH]c(=O)c(Cc6ccc(F)cc6)cc54)CCO3)C2)CN1. The van der Waals surface area contributed by atoms with Crippen molar-refractivity contribution in [3.8, 4) is 0 Å². The predicted octanol–water partition coefficient (Wildman–Crippen LogP) is 4.40. The average molecular weight is 1150 g/mol. The Kier molecular flexibility index (Phi) is 19.8. The second-order valence-electron chi connectivity index (χ2n) is 25.6. The molecule has 83 heavy (non-hydrogen) atoms. The first-order valence-corrected chi connectivity index (χ1v) is 30.3. The number of anilines is 2. The van der Waals surface area contributed by atoms with Crippen LogP contribution >= 0.6 is 0 Å². The summed E-state index contributed by atoms with van der Waals surface area (Å²) >= 11 is 0. The van der Waals surface area contributed by atoms with E-state index in [0.717, 1.165) is 119 Å². The number of hydrogen-bond donors (Lipinski definition) is 4. The van der Waals surface area contributed by atoms with E-state index in [1.54, 1.807) is 24.3 Å². The van der Waals surface area contributed by atoms with Crippen molar-refractivity contribution in [2.45, 2.75) is 121 Å². The van der Waals surface area contributed by atoms with Crippen LogP contribution in [-0.2, 0) is 52.2 Å². The summed E-state index contributed by atoms with van der Waals surface area (Å²) in [4.78, 5) is 74.6. The standard InChI is InChI=1S/C63H88F2N10O8/c1-42-30-72(36-56(76)74-40-62(3,4)58-54(74)26-46(60(78)68-58)24-44-10-14-48(64)15-11-44)50(28-66-42)32-70-18-22-82-52(34-70)38-80-20-8-7-9-21-81-39-53-35-71(19-23-83-53)33-51-29-67-43(2)31-73(51)37-57(77)75-41-63(5,6)59-55(75)27-47(61(79)69-59)25-45-12-16-49(65)17-13-45/h10-17,26-27,42-43,50-53,66-67H,7-9,18-25,28-41H2,1-6H3,(H,68,78)(H,69,79)/t42-,43-,50-,51-,52+,53+/m1/s1. The summed E-state index contributed by atoms with van der Waals surface area (Å²) in [6.07, 6.45) is 3.47. The summed E-state index contributed by atoms with van der Waals surface area (Å²) < 4.78 is 51.9. The number of rotatable bonds is 22. The van der Waals surface area contributed by atoms with Gasteiger partial charge in [-0.3, -0.25) is 38.8 Å². The zero-order valence-electron chi connectivity index (χ0n) is 49.6. The van der Waals surface area contributed by atoms with Gasteiger partial charge in [-0.2, -0.15) is 0 Å². The smallest absolute Gasteiger partial charge is 0.251 e. The molecule has 6 aliphatic rings. The van der Waals surface area contributed by atoms with Crippen molar-refractivity contribution in [2.24, 2.45) is 0 Å². The van der Waals surface area contributed by atoms with Crippen LogP contribution in [0.1, 0.15) is 94.4 Å². The lowest BCUT2D eigenvalue weighted by Crippen LogP contribution is -2.61. The number of pyridine rings is 2. The summed E-state index contributed by atoms with van der Waals surface area (Å²) in [5.41, 5.74) is 4.54. The Labute approximate surface area is 487 Å². The predicted molar refractivity (Wildman–Crippen MR) is 317 cm³/mol. The van der Waals surface area contributed by atoms with Crippen LogP contribution in [0.3, 0.4) is 0 Å². The fourth-order valence-corrected chi connectivity index (χ4v) is 13.1. The van der Waals surface area contributed by atoms with E-state index in [9.17, 15) is 28.0 Å². The first-order chi connectivity index (χ1) is 39.8. The van der Waals surface area contributed by atoms with Gasteiger partial charge < -0.3 is 49.3 Å². The number of piperazine rings is 2. The van der Waals surface area contributed by atoms with Gasteiger partial charge in [-0.25, -0.2) is 8.78 Å². The van der Waals surface area contributed by atoms with Crippen LogP contribution in [0.4, 0.5) is 20.2 Å². The molecule has 2 aromatic carbocycles. The fraction of sp³-hybridized carbons (Fsp3) is 0.619. The van der Waals surface area contributed by atoms with Crippen LogP contribution in [-0.4, -0.2) is 209 Å². The third kappa shape index (κ3) is 15.4. The van der Waals surface area contributed by atoms with Gasteiger partial charge in [0.2, 0.25) is 11.8 Å². The molecule has 0 saturated carbocycles. The van der Waals surface area contributed by atoms with Gasteiger partial charge in [0.15, 0.2) is 0 Å². The van der Waals surface area contributed by atoms with Crippen LogP contribution in [0.25, 0.3) is 0 Å². The maximum atomic E-state index is 14.3. The number of carbonyl (C=O) groups excluding carboxylic acids is 2. The number of H-pyrrole nitrogens is 2. The summed E-state index contributed by atoms with van der Waals surface area (Å²) in [7, 11) is 0. The van der Waals surface area contributed by atoms with Crippen LogP contribution in [0.2, 0.25) is 0 Å². The summed E-state index contributed by atoms with van der Waals surface area (Å²) in [6.45, 7) is 25.4. The van der Waals surface area contributed by atoms with Gasteiger partial charge >= 0.3 is 0 Å². The molecule has 4 fully saturated rings. The maximum absolute atomic E-state index is 14.3. The van der Waals surface area contributed by atoms with Gasteiger partial charge in [-0.1, -0.05) is 52.0 Å². The molecule has 20 heteroatoms. The second-order valence-corrected chi connectivity index (χ2v) is 25.6. The molecule has 10 rings (SSSR count). The van der Waals surface area contributed by atoms with Crippen molar-refractivity contribution in [3.05, 3.63) is 127 Å². The Hall–Kier alpha value is -5.26. The zero-order chi connectivity index (χ0) is 58.4. The highest BCUT2D eigenvalue weighted by molar-refractivity contribution is 5.98. The van der Waals surface area contributed by atoms with E-state index in [0.29, 0.717) is 76.7 Å². The van der Waals surface area contributed by atoms with Gasteiger partial charge in [0.05, 0.1) is 63.1 Å². The van der Waals surface area contributed by atoms with Crippen molar-refractivity contribution in [2.75, 3.05) is 141 Å². The van der Waals surface area contributed by atoms with E-state index in [1.165, 1.54) is 24.3 Å². The minimum Gasteiger partial charge on any atom is -0.379 e. The molecule has 0 radical (unpaired) electrons. The number of aromatic nitrogens is 2. The Morgan fingerprint density at radius 3 is 1.42 bits per heavy atom. The van der Waals surface area contributed by atoms with Gasteiger partial charge in [0.25, 0.3) is 11.1 Å². The summed E-state index contributed by atoms with van der Waals surface area (Å²) in [5.74, 6) is -0.635. The van der Waals surface area contributed by atoms with Gasteiger partial charge in [0.1, 0.15) is 11.6 Å². The van der Waals surface area contributed by atoms with Gasteiger partial charge in [-0.15, -0.1) is 0 Å². The normalized spacial score (nSPS) is 25.0. The van der Waals surface area contributed by atoms with Crippen molar-refractivity contribution >= 4 is 23.2 Å². The Morgan fingerprint density at radius 1 is 0.602 bits per heavy atom. The molecule has 4 N–H and O–H groups in total. The highest BCUT2D eigenvalue weighted by Crippen LogP contribution is 2.40. The molecular weight excluding hydrogens is 1060 g/mol. The lowest BCUT2D eigenvalue weighted by molar-refractivity contribution is -0.122. The number of unbranched alkanes of at least 4 members (excludes halogenated alkanes) is 2. The van der Waals surface area contributed by atoms with Crippen LogP contribution in [0, 0.1) is 11.6 Å². The fourth-order valence-electron chi connectivity index (χ4n) is 13.1. The monoisotopic (exact) mass is 1150 g/mol. The molecule has 2 aromatic heterocycles. The molecule has 452 valence electrons. The molecule has 8 heterocycles. The Morgan fingerprint density at radius 2 is 1.01 bits per heavy atom. The van der Waals surface area contributed by atoms with Crippen molar-refractivity contribution < 1.29 is 37.3 Å². The molecule has 2 amide bonds. The quantitative estimate of drug-likeness (QED) is 0.0814. The number of halogens is 2. The Balaban J connectivity index is 0.622. The lowest BCUT2D eigenvalue weighted by atomic mass is 9.91. The van der Waals surface area contributed by atoms with E-state index in [-0.39, 0.29) is 84.0 Å². The second kappa shape index (κ2) is 27.0. The molecule has 6 atom stereocenters. The van der Waals surface area contributed by atoms with E-state index >= 15 is 0 Å². The third-order valence-corrected chi connectivity index (χ3v) is 17.7. The minimum atomic E-state index is -0.424. The van der Waals surface area contributed by atoms with Crippen LogP contribution < -0.4 is 31.6 Å².